The van der Waals surface area contributed by atoms with Crippen molar-refractivity contribution in [2.45, 2.75) is 78.5 Å². The van der Waals surface area contributed by atoms with Crippen LogP contribution in [0.3, 0.4) is 0 Å². The van der Waals surface area contributed by atoms with Gasteiger partial charge in [0.2, 0.25) is 0 Å². The van der Waals surface area contributed by atoms with Crippen LogP contribution in [-0.2, 0) is 4.79 Å². The van der Waals surface area contributed by atoms with Gasteiger partial charge in [-0.25, -0.2) is 0 Å². The molecule has 1 heterocycles. The number of rotatable bonds is 5. The second-order valence-electron chi connectivity index (χ2n) is 12.4. The van der Waals surface area contributed by atoms with Crippen LogP contribution in [0.5, 0.6) is 0 Å². The van der Waals surface area contributed by atoms with Crippen molar-refractivity contribution in [3.8, 4) is 0 Å². The van der Waals surface area contributed by atoms with Crippen LogP contribution in [-0.4, -0.2) is 93.4 Å². The SMILES string of the molecule is CC1(C)C2CC(C3CCCN3C(=O)CNC(=O)c3cc[c]([Sn]([CH3])([CH3])[CH3])cc3)C(C)(O)C1(O)C2.OBO. The Balaban J connectivity index is 0.00000115. The fourth-order valence-electron chi connectivity index (χ4n) is 6.69. The van der Waals surface area contributed by atoms with Gasteiger partial charge >= 0.3 is 156 Å². The van der Waals surface area contributed by atoms with E-state index in [4.69, 9.17) is 10.0 Å². The van der Waals surface area contributed by atoms with Crippen molar-refractivity contribution in [3.05, 3.63) is 29.8 Å². The number of benzene rings is 1. The number of hydrogen-bond donors (Lipinski definition) is 5. The molecule has 5 atom stereocenters. The molecule has 10 heteroatoms. The van der Waals surface area contributed by atoms with E-state index >= 15 is 0 Å². The molecule has 4 aliphatic rings. The van der Waals surface area contributed by atoms with Gasteiger partial charge in [0.05, 0.1) is 5.60 Å². The van der Waals surface area contributed by atoms with Gasteiger partial charge in [0.25, 0.3) is 0 Å². The second kappa shape index (κ2) is 10.6. The van der Waals surface area contributed by atoms with Gasteiger partial charge in [-0.2, -0.15) is 0 Å². The minimum Gasteiger partial charge on any atom is -0.430 e. The Hall–Kier alpha value is -1.14. The number of nitrogens with one attached hydrogen (secondary N) is 1. The van der Waals surface area contributed by atoms with Gasteiger partial charge in [-0.15, -0.1) is 0 Å². The third kappa shape index (κ3) is 5.10. The third-order valence-electron chi connectivity index (χ3n) is 9.22. The topological polar surface area (TPSA) is 130 Å². The first kappa shape index (κ1) is 29.4. The van der Waals surface area contributed by atoms with Gasteiger partial charge in [0, 0.05) is 0 Å². The molecule has 4 fully saturated rings. The van der Waals surface area contributed by atoms with Crippen LogP contribution in [0, 0.1) is 17.3 Å². The monoisotopic (exact) mass is 610 g/mol. The predicted molar refractivity (Wildman–Crippen MR) is 144 cm³/mol. The van der Waals surface area contributed by atoms with Crippen LogP contribution >= 0.6 is 0 Å². The molecule has 5 N–H and O–H groups in total. The molecule has 0 spiro atoms. The molecule has 1 aromatic carbocycles. The third-order valence-corrected chi connectivity index (χ3v) is 15.1. The Bertz CT molecular complexity index is 964. The number of aliphatic hydroxyl groups is 2. The number of carbonyl (C=O) groups is 2. The smallest absolute Gasteiger partial charge is 0.430 e. The average molecular weight is 609 g/mol. The molecule has 2 amide bonds. The summed E-state index contributed by atoms with van der Waals surface area (Å²) in [4.78, 5) is 34.6. The van der Waals surface area contributed by atoms with Gasteiger partial charge in [-0.05, 0) is 24.7 Å². The van der Waals surface area contributed by atoms with Crippen LogP contribution in [0.25, 0.3) is 0 Å². The van der Waals surface area contributed by atoms with Gasteiger partial charge < -0.3 is 20.3 Å². The number of fused-ring (bicyclic) bond motifs is 2. The van der Waals surface area contributed by atoms with E-state index in [9.17, 15) is 19.8 Å². The number of amides is 2. The number of nitrogens with zero attached hydrogens (tertiary/aromatic N) is 1. The van der Waals surface area contributed by atoms with Gasteiger partial charge in [0.1, 0.15) is 0 Å². The average Bonchev–Trinajstić information content (AvgIpc) is 3.28. The first-order chi connectivity index (χ1) is 16.6. The molecule has 3 aliphatic carbocycles. The predicted octanol–water partition coefficient (Wildman–Crippen LogP) is 0.738. The van der Waals surface area contributed by atoms with Crippen molar-refractivity contribution in [2.24, 2.45) is 17.3 Å². The Morgan fingerprint density at radius 2 is 1.69 bits per heavy atom. The van der Waals surface area contributed by atoms with E-state index in [1.807, 2.05) is 43.0 Å². The van der Waals surface area contributed by atoms with E-state index in [0.29, 0.717) is 24.4 Å². The van der Waals surface area contributed by atoms with Gasteiger partial charge in [0.15, 0.2) is 0 Å². The molecule has 0 radical (unpaired) electrons. The molecule has 0 aromatic heterocycles. The standard InChI is InChI=1S/C23H31N2O4.3CH3.BH3O2.Sn/c1-21(2)16-12-17(22(3,28)23(21,29)13-16)18-10-7-11-25(18)19(26)14-24-20(27)15-8-5-4-6-9-15;;;;2-1-3;/h5-6,8-9,16-18,28-29H,7,10-14H2,1-3H3,(H,24,27);3*1H3;1-3H;. The molecule has 5 unspecified atom stereocenters. The maximum atomic E-state index is 13.1. The molecule has 5 rings (SSSR count). The minimum atomic E-state index is -2.17. The second-order valence-corrected chi connectivity index (χ2v) is 26.9. The van der Waals surface area contributed by atoms with Gasteiger partial charge in [-0.1, -0.05) is 13.8 Å². The van der Waals surface area contributed by atoms with Crippen molar-refractivity contribution in [2.75, 3.05) is 13.1 Å². The summed E-state index contributed by atoms with van der Waals surface area (Å²) in [6.45, 7) is 6.41. The summed E-state index contributed by atoms with van der Waals surface area (Å²) in [6, 6.07) is 7.69. The Morgan fingerprint density at radius 3 is 2.22 bits per heavy atom. The van der Waals surface area contributed by atoms with Crippen LogP contribution in [0.4, 0.5) is 0 Å². The molecule has 1 saturated heterocycles. The van der Waals surface area contributed by atoms with Crippen LogP contribution in [0.1, 0.15) is 56.8 Å². The molecular formula is C26H43BN2O6Sn. The summed E-state index contributed by atoms with van der Waals surface area (Å²) >= 11 is -2.17. The van der Waals surface area contributed by atoms with Crippen LogP contribution in [0.15, 0.2) is 24.3 Å². The van der Waals surface area contributed by atoms with E-state index in [1.165, 1.54) is 3.58 Å². The molecule has 2 bridgehead atoms. The fourth-order valence-corrected chi connectivity index (χ4v) is 10.0. The quantitative estimate of drug-likeness (QED) is 0.314. The number of hydrogen-bond acceptors (Lipinski definition) is 6. The summed E-state index contributed by atoms with van der Waals surface area (Å²) in [6.07, 6.45) is 3.14. The van der Waals surface area contributed by atoms with Crippen LogP contribution in [0.2, 0.25) is 14.8 Å². The summed E-state index contributed by atoms with van der Waals surface area (Å²) in [5, 5.41) is 39.8. The Kier molecular flexibility index (Phi) is 8.63. The zero-order valence-corrected chi connectivity index (χ0v) is 25.4. The van der Waals surface area contributed by atoms with Crippen molar-refractivity contribution < 1.29 is 29.9 Å². The molecule has 3 saturated carbocycles. The minimum absolute atomic E-state index is 0.0519. The van der Waals surface area contributed by atoms with E-state index in [2.05, 4.69) is 20.1 Å². The van der Waals surface area contributed by atoms with E-state index in [0.717, 1.165) is 19.3 Å². The summed E-state index contributed by atoms with van der Waals surface area (Å²) in [7, 11) is -0.750. The summed E-state index contributed by atoms with van der Waals surface area (Å²) in [5.74, 6) is -0.162. The molecule has 36 heavy (non-hydrogen) atoms. The number of likely N-dealkylation sites (tertiary alicyclic amines) is 1. The summed E-state index contributed by atoms with van der Waals surface area (Å²) in [5.41, 5.74) is -2.12. The first-order valence-corrected chi connectivity index (χ1v) is 23.0. The zero-order valence-electron chi connectivity index (χ0n) is 22.5. The van der Waals surface area contributed by atoms with Crippen molar-refractivity contribution in [1.29, 1.82) is 0 Å². The normalized spacial score (nSPS) is 32.6. The molecular weight excluding hydrogens is 566 g/mol. The van der Waals surface area contributed by atoms with Crippen LogP contribution < -0.4 is 8.90 Å². The van der Waals surface area contributed by atoms with E-state index in [1.54, 1.807) is 6.92 Å². The number of carbonyl (C=O) groups excluding carboxylic acids is 2. The molecule has 1 aliphatic heterocycles. The van der Waals surface area contributed by atoms with E-state index < -0.39 is 37.3 Å². The molecule has 8 nitrogen and oxygen atoms in total. The fraction of sp³-hybridized carbons (Fsp3) is 0.692. The summed E-state index contributed by atoms with van der Waals surface area (Å²) < 4.78 is 1.36. The Morgan fingerprint density at radius 1 is 1.11 bits per heavy atom. The van der Waals surface area contributed by atoms with Crippen molar-refractivity contribution in [1.82, 2.24) is 10.2 Å². The van der Waals surface area contributed by atoms with Gasteiger partial charge in [-0.3, -0.25) is 0 Å². The van der Waals surface area contributed by atoms with E-state index in [-0.39, 0.29) is 35.7 Å². The maximum absolute atomic E-state index is 13.1. The zero-order chi connectivity index (χ0) is 27.1. The molecule has 1 aromatic rings. The van der Waals surface area contributed by atoms with Crippen molar-refractivity contribution >= 4 is 41.5 Å². The Labute approximate surface area is 219 Å². The molecule has 200 valence electrons. The first-order valence-electron chi connectivity index (χ1n) is 13.0. The van der Waals surface area contributed by atoms with Crippen molar-refractivity contribution in [3.63, 3.8) is 0 Å².